The quantitative estimate of drug-likeness (QED) is 0.520. The second-order valence-corrected chi connectivity index (χ2v) is 8.34. The molecule has 2 rings (SSSR count). The molecule has 0 saturated carbocycles. The molecule has 134 valence electrons. The molecule has 2 aromatic rings. The van der Waals surface area contributed by atoms with Crippen LogP contribution in [-0.4, -0.2) is 26.5 Å². The molecule has 0 aliphatic carbocycles. The van der Waals surface area contributed by atoms with E-state index in [1.807, 2.05) is 0 Å². The predicted molar refractivity (Wildman–Crippen MR) is 102 cm³/mol. The van der Waals surface area contributed by atoms with Crippen molar-refractivity contribution >= 4 is 57.5 Å². The van der Waals surface area contributed by atoms with E-state index in [1.54, 1.807) is 24.3 Å². The van der Waals surface area contributed by atoms with Crippen molar-refractivity contribution in [2.45, 2.75) is 14.7 Å². The standard InChI is InChI=1S/C15H14ClN3O3S2.ClH/c1-24(21,22)9-6-7-12(10(8-9)14(20)19-15(17)18)23-13-5-3-2-4-11(13)16;/h2-8H,1H3,(H4,17,18,19,20);1H. The highest BCUT2D eigenvalue weighted by Gasteiger charge is 2.18. The SMILES string of the molecule is CS(=O)(=O)c1ccc(Sc2ccccc2Cl)c(C(=O)NC(=N)N)c1.Cl. The molecule has 0 aliphatic rings. The fourth-order valence-electron chi connectivity index (χ4n) is 1.84. The Labute approximate surface area is 161 Å². The van der Waals surface area contributed by atoms with Crippen LogP contribution >= 0.6 is 35.8 Å². The summed E-state index contributed by atoms with van der Waals surface area (Å²) in [6.45, 7) is 0. The highest BCUT2D eigenvalue weighted by molar-refractivity contribution is 7.99. The number of carbonyl (C=O) groups is 1. The van der Waals surface area contributed by atoms with Gasteiger partial charge in [0.05, 0.1) is 15.5 Å². The molecule has 0 aliphatic heterocycles. The van der Waals surface area contributed by atoms with Crippen LogP contribution in [-0.2, 0) is 9.84 Å². The van der Waals surface area contributed by atoms with Gasteiger partial charge in [0, 0.05) is 16.0 Å². The first-order chi connectivity index (χ1) is 11.2. The van der Waals surface area contributed by atoms with E-state index < -0.39 is 21.7 Å². The number of hydrogen-bond donors (Lipinski definition) is 3. The zero-order valence-corrected chi connectivity index (χ0v) is 16.2. The van der Waals surface area contributed by atoms with Gasteiger partial charge < -0.3 is 5.73 Å². The zero-order valence-electron chi connectivity index (χ0n) is 12.9. The van der Waals surface area contributed by atoms with Crippen LogP contribution in [0.4, 0.5) is 0 Å². The lowest BCUT2D eigenvalue weighted by atomic mass is 10.2. The molecular weight excluding hydrogens is 405 g/mol. The van der Waals surface area contributed by atoms with Gasteiger partial charge in [-0.1, -0.05) is 35.5 Å². The summed E-state index contributed by atoms with van der Waals surface area (Å²) in [5, 5.41) is 9.84. The van der Waals surface area contributed by atoms with Crippen molar-refractivity contribution in [2.24, 2.45) is 5.73 Å². The molecule has 0 atom stereocenters. The van der Waals surface area contributed by atoms with Crippen molar-refractivity contribution < 1.29 is 13.2 Å². The van der Waals surface area contributed by atoms with Gasteiger partial charge in [-0.15, -0.1) is 12.4 Å². The van der Waals surface area contributed by atoms with Gasteiger partial charge in [-0.25, -0.2) is 8.42 Å². The summed E-state index contributed by atoms with van der Waals surface area (Å²) >= 11 is 7.34. The van der Waals surface area contributed by atoms with Crippen molar-refractivity contribution in [2.75, 3.05) is 6.26 Å². The van der Waals surface area contributed by atoms with Crippen molar-refractivity contribution in [3.05, 3.63) is 53.1 Å². The van der Waals surface area contributed by atoms with Crippen LogP contribution in [0.15, 0.2) is 57.2 Å². The first kappa shape index (κ1) is 21.3. The van der Waals surface area contributed by atoms with E-state index in [4.69, 9.17) is 22.7 Å². The Bertz CT molecular complexity index is 918. The van der Waals surface area contributed by atoms with E-state index in [-0.39, 0.29) is 22.9 Å². The van der Waals surface area contributed by atoms with Crippen molar-refractivity contribution in [1.29, 1.82) is 5.41 Å². The van der Waals surface area contributed by atoms with E-state index in [1.165, 1.54) is 30.0 Å². The summed E-state index contributed by atoms with van der Waals surface area (Å²) in [4.78, 5) is 13.5. The summed E-state index contributed by atoms with van der Waals surface area (Å²) in [5.41, 5.74) is 5.28. The summed E-state index contributed by atoms with van der Waals surface area (Å²) in [5.74, 6) is -1.19. The van der Waals surface area contributed by atoms with Crippen LogP contribution in [0.25, 0.3) is 0 Å². The van der Waals surface area contributed by atoms with Crippen molar-refractivity contribution in [3.8, 4) is 0 Å². The van der Waals surface area contributed by atoms with Crippen molar-refractivity contribution in [3.63, 3.8) is 0 Å². The number of amides is 1. The molecule has 0 radical (unpaired) electrons. The van der Waals surface area contributed by atoms with Crippen LogP contribution in [0.3, 0.4) is 0 Å². The second kappa shape index (κ2) is 8.57. The molecule has 0 heterocycles. The molecule has 0 bridgehead atoms. The van der Waals surface area contributed by atoms with Crippen molar-refractivity contribution in [1.82, 2.24) is 5.32 Å². The fraction of sp³-hybridized carbons (Fsp3) is 0.0667. The monoisotopic (exact) mass is 419 g/mol. The number of halogens is 2. The van der Waals surface area contributed by atoms with E-state index in [2.05, 4.69) is 5.32 Å². The smallest absolute Gasteiger partial charge is 0.259 e. The van der Waals surface area contributed by atoms with E-state index in [0.29, 0.717) is 14.8 Å². The third-order valence-electron chi connectivity index (χ3n) is 2.93. The molecule has 25 heavy (non-hydrogen) atoms. The van der Waals surface area contributed by atoms with Crippen LogP contribution in [0.1, 0.15) is 10.4 Å². The fourth-order valence-corrected chi connectivity index (χ4v) is 3.69. The molecule has 0 fully saturated rings. The molecule has 1 amide bonds. The topological polar surface area (TPSA) is 113 Å². The third-order valence-corrected chi connectivity index (χ3v) is 5.63. The number of carbonyl (C=O) groups excluding carboxylic acids is 1. The van der Waals surface area contributed by atoms with Crippen LogP contribution in [0.5, 0.6) is 0 Å². The Morgan fingerprint density at radius 1 is 1.20 bits per heavy atom. The Kier molecular flexibility index (Phi) is 7.30. The Morgan fingerprint density at radius 2 is 1.84 bits per heavy atom. The van der Waals surface area contributed by atoms with Gasteiger partial charge in [-0.3, -0.25) is 15.5 Å². The molecule has 6 nitrogen and oxygen atoms in total. The minimum atomic E-state index is -3.49. The summed E-state index contributed by atoms with van der Waals surface area (Å²) in [7, 11) is -3.49. The minimum absolute atomic E-state index is 0. The average Bonchev–Trinajstić information content (AvgIpc) is 2.48. The molecule has 0 aromatic heterocycles. The van der Waals surface area contributed by atoms with Gasteiger partial charge in [0.1, 0.15) is 0 Å². The maximum atomic E-state index is 12.3. The molecule has 0 saturated heterocycles. The molecule has 0 unspecified atom stereocenters. The lowest BCUT2D eigenvalue weighted by molar-refractivity contribution is 0.0973. The Balaban J connectivity index is 0.00000312. The number of nitrogens with one attached hydrogen (secondary N) is 2. The molecule has 2 aromatic carbocycles. The normalized spacial score (nSPS) is 10.6. The van der Waals surface area contributed by atoms with E-state index in [0.717, 1.165) is 6.26 Å². The summed E-state index contributed by atoms with van der Waals surface area (Å²) in [6.07, 6.45) is 1.05. The van der Waals surface area contributed by atoms with Crippen LogP contribution in [0, 0.1) is 5.41 Å². The number of rotatable bonds is 4. The number of hydrogen-bond acceptors (Lipinski definition) is 5. The Morgan fingerprint density at radius 3 is 2.40 bits per heavy atom. The van der Waals surface area contributed by atoms with Gasteiger partial charge in [0.2, 0.25) is 0 Å². The largest absolute Gasteiger partial charge is 0.370 e. The highest BCUT2D eigenvalue weighted by atomic mass is 35.5. The van der Waals surface area contributed by atoms with E-state index >= 15 is 0 Å². The Hall–Kier alpha value is -1.74. The third kappa shape index (κ3) is 5.64. The van der Waals surface area contributed by atoms with Gasteiger partial charge in [-0.2, -0.15) is 0 Å². The maximum absolute atomic E-state index is 12.3. The number of nitrogens with two attached hydrogens (primary N) is 1. The van der Waals surface area contributed by atoms with E-state index in [9.17, 15) is 13.2 Å². The first-order valence-electron chi connectivity index (χ1n) is 6.60. The molecule has 4 N–H and O–H groups in total. The average molecular weight is 420 g/mol. The minimum Gasteiger partial charge on any atom is -0.370 e. The van der Waals surface area contributed by atoms with Gasteiger partial charge in [0.25, 0.3) is 5.91 Å². The number of guanidine groups is 1. The second-order valence-electron chi connectivity index (χ2n) is 4.83. The first-order valence-corrected chi connectivity index (χ1v) is 9.69. The highest BCUT2D eigenvalue weighted by Crippen LogP contribution is 2.35. The zero-order chi connectivity index (χ0) is 17.9. The van der Waals surface area contributed by atoms with Crippen LogP contribution in [0.2, 0.25) is 5.02 Å². The lowest BCUT2D eigenvalue weighted by Crippen LogP contribution is -2.36. The summed E-state index contributed by atoms with van der Waals surface area (Å²) < 4.78 is 23.5. The predicted octanol–water partition coefficient (Wildman–Crippen LogP) is 2.94. The van der Waals surface area contributed by atoms with Crippen LogP contribution < -0.4 is 11.1 Å². The number of benzene rings is 2. The lowest BCUT2D eigenvalue weighted by Gasteiger charge is -2.11. The molecule has 10 heteroatoms. The molecule has 0 spiro atoms. The van der Waals surface area contributed by atoms with Gasteiger partial charge >= 0.3 is 0 Å². The molecular formula is C15H15Cl2N3O3S2. The summed E-state index contributed by atoms with van der Waals surface area (Å²) in [6, 6.07) is 11.3. The van der Waals surface area contributed by atoms with Gasteiger partial charge in [-0.05, 0) is 30.3 Å². The van der Waals surface area contributed by atoms with Gasteiger partial charge in [0.15, 0.2) is 15.8 Å². The maximum Gasteiger partial charge on any atom is 0.259 e. The number of sulfone groups is 1.